The molecule has 2 nitrogen and oxygen atoms in total. The first-order chi connectivity index (χ1) is 8.81. The van der Waals surface area contributed by atoms with E-state index in [0.29, 0.717) is 5.15 Å². The Morgan fingerprint density at radius 1 is 1.22 bits per heavy atom. The summed E-state index contributed by atoms with van der Waals surface area (Å²) >= 11 is 9.46. The highest BCUT2D eigenvalue weighted by atomic mass is 35.5. The van der Waals surface area contributed by atoms with Crippen LogP contribution < -0.4 is 0 Å². The molecule has 2 aromatic rings. The molecule has 0 bridgehead atoms. The topological polar surface area (TPSA) is 25.8 Å². The average Bonchev–Trinajstić information content (AvgIpc) is 2.82. The second-order valence-corrected chi connectivity index (χ2v) is 6.51. The standard InChI is InChI=1S/C13H17ClN2S2/c1-2-3-4-5-6-8-18-13-15-11(14)10-7-9-17-12(10)16-13/h7,9H,2-6,8H2,1H3. The van der Waals surface area contributed by atoms with E-state index in [0.717, 1.165) is 21.1 Å². The van der Waals surface area contributed by atoms with Crippen molar-refractivity contribution in [1.82, 2.24) is 9.97 Å². The van der Waals surface area contributed by atoms with Gasteiger partial charge in [-0.05, 0) is 17.9 Å². The Morgan fingerprint density at radius 2 is 2.06 bits per heavy atom. The van der Waals surface area contributed by atoms with Crippen molar-refractivity contribution in [1.29, 1.82) is 0 Å². The third-order valence-corrected chi connectivity index (χ3v) is 4.77. The van der Waals surface area contributed by atoms with E-state index >= 15 is 0 Å². The molecular formula is C13H17ClN2S2. The van der Waals surface area contributed by atoms with Crippen molar-refractivity contribution < 1.29 is 0 Å². The number of unbranched alkanes of at least 4 members (excludes halogenated alkanes) is 4. The van der Waals surface area contributed by atoms with Crippen molar-refractivity contribution >= 4 is 44.9 Å². The van der Waals surface area contributed by atoms with E-state index in [2.05, 4.69) is 16.9 Å². The maximum atomic E-state index is 6.13. The van der Waals surface area contributed by atoms with Crippen LogP contribution in [0.1, 0.15) is 39.0 Å². The van der Waals surface area contributed by atoms with Crippen LogP contribution in [-0.4, -0.2) is 15.7 Å². The van der Waals surface area contributed by atoms with Gasteiger partial charge in [-0.15, -0.1) is 11.3 Å². The van der Waals surface area contributed by atoms with Gasteiger partial charge in [0.25, 0.3) is 0 Å². The number of rotatable bonds is 7. The van der Waals surface area contributed by atoms with Gasteiger partial charge < -0.3 is 0 Å². The van der Waals surface area contributed by atoms with E-state index in [1.54, 1.807) is 23.1 Å². The molecule has 0 saturated carbocycles. The number of hydrogen-bond acceptors (Lipinski definition) is 4. The quantitative estimate of drug-likeness (QED) is 0.296. The van der Waals surface area contributed by atoms with Crippen molar-refractivity contribution in [3.05, 3.63) is 16.6 Å². The molecule has 0 spiro atoms. The summed E-state index contributed by atoms with van der Waals surface area (Å²) in [4.78, 5) is 9.84. The van der Waals surface area contributed by atoms with Gasteiger partial charge in [-0.1, -0.05) is 56.0 Å². The summed E-state index contributed by atoms with van der Waals surface area (Å²) in [6.07, 6.45) is 6.50. The second-order valence-electron chi connectivity index (χ2n) is 4.20. The van der Waals surface area contributed by atoms with Gasteiger partial charge in [0.15, 0.2) is 5.16 Å². The van der Waals surface area contributed by atoms with E-state index in [4.69, 9.17) is 11.6 Å². The highest BCUT2D eigenvalue weighted by molar-refractivity contribution is 7.99. The van der Waals surface area contributed by atoms with Crippen LogP contribution in [0.25, 0.3) is 10.2 Å². The van der Waals surface area contributed by atoms with Gasteiger partial charge in [0.2, 0.25) is 0 Å². The average molecular weight is 301 g/mol. The SMILES string of the molecule is CCCCCCCSc1nc(Cl)c2ccsc2n1. The van der Waals surface area contributed by atoms with Crippen molar-refractivity contribution in [3.8, 4) is 0 Å². The van der Waals surface area contributed by atoms with Crippen LogP contribution in [0.5, 0.6) is 0 Å². The predicted molar refractivity (Wildman–Crippen MR) is 81.9 cm³/mol. The molecule has 2 rings (SSSR count). The Balaban J connectivity index is 1.84. The number of fused-ring (bicyclic) bond motifs is 1. The molecule has 0 aliphatic rings. The van der Waals surface area contributed by atoms with E-state index in [1.807, 2.05) is 11.4 Å². The number of aromatic nitrogens is 2. The van der Waals surface area contributed by atoms with E-state index in [9.17, 15) is 0 Å². The van der Waals surface area contributed by atoms with Gasteiger partial charge >= 0.3 is 0 Å². The van der Waals surface area contributed by atoms with Crippen molar-refractivity contribution in [2.24, 2.45) is 0 Å². The van der Waals surface area contributed by atoms with E-state index in [1.165, 1.54) is 32.1 Å². The smallest absolute Gasteiger partial charge is 0.190 e. The molecule has 0 N–H and O–H groups in total. The van der Waals surface area contributed by atoms with Crippen LogP contribution in [0.3, 0.4) is 0 Å². The third-order valence-electron chi connectivity index (χ3n) is 2.74. The Labute approximate surface area is 121 Å². The normalized spacial score (nSPS) is 11.2. The molecule has 0 aliphatic heterocycles. The summed E-state index contributed by atoms with van der Waals surface area (Å²) in [7, 11) is 0. The number of thiophene rings is 1. The van der Waals surface area contributed by atoms with E-state index < -0.39 is 0 Å². The Bertz CT molecular complexity index is 499. The lowest BCUT2D eigenvalue weighted by Gasteiger charge is -2.01. The van der Waals surface area contributed by atoms with Crippen LogP contribution in [-0.2, 0) is 0 Å². The summed E-state index contributed by atoms with van der Waals surface area (Å²) in [6, 6.07) is 1.97. The fourth-order valence-electron chi connectivity index (χ4n) is 1.73. The lowest BCUT2D eigenvalue weighted by molar-refractivity contribution is 0.659. The monoisotopic (exact) mass is 300 g/mol. The van der Waals surface area contributed by atoms with Crippen LogP contribution in [0.4, 0.5) is 0 Å². The molecule has 0 radical (unpaired) electrons. The molecule has 2 heterocycles. The van der Waals surface area contributed by atoms with Gasteiger partial charge in [0.1, 0.15) is 9.98 Å². The molecular weight excluding hydrogens is 284 g/mol. The fraction of sp³-hybridized carbons (Fsp3) is 0.538. The van der Waals surface area contributed by atoms with Gasteiger partial charge in [-0.2, -0.15) is 0 Å². The second kappa shape index (κ2) is 7.31. The first-order valence-electron chi connectivity index (χ1n) is 6.35. The number of thioether (sulfide) groups is 1. The summed E-state index contributed by atoms with van der Waals surface area (Å²) in [5.74, 6) is 1.08. The van der Waals surface area contributed by atoms with Crippen LogP contribution in [0, 0.1) is 0 Å². The highest BCUT2D eigenvalue weighted by Crippen LogP contribution is 2.28. The van der Waals surface area contributed by atoms with Crippen molar-refractivity contribution in [2.45, 2.75) is 44.2 Å². The number of halogens is 1. The lowest BCUT2D eigenvalue weighted by atomic mass is 10.2. The van der Waals surface area contributed by atoms with Gasteiger partial charge in [0.05, 0.1) is 0 Å². The van der Waals surface area contributed by atoms with E-state index in [-0.39, 0.29) is 0 Å². The zero-order valence-corrected chi connectivity index (χ0v) is 12.9. The zero-order chi connectivity index (χ0) is 12.8. The first kappa shape index (κ1) is 14.1. The Kier molecular flexibility index (Phi) is 5.73. The molecule has 2 aromatic heterocycles. The number of hydrogen-bond donors (Lipinski definition) is 0. The minimum Gasteiger partial charge on any atom is -0.211 e. The minimum atomic E-state index is 0.578. The van der Waals surface area contributed by atoms with Crippen LogP contribution >= 0.6 is 34.7 Å². The molecule has 5 heteroatoms. The molecule has 0 aliphatic carbocycles. The Hall–Kier alpha value is -0.320. The summed E-state index contributed by atoms with van der Waals surface area (Å²) in [6.45, 7) is 2.24. The molecule has 18 heavy (non-hydrogen) atoms. The molecule has 0 amide bonds. The van der Waals surface area contributed by atoms with Crippen molar-refractivity contribution in [2.75, 3.05) is 5.75 Å². The van der Waals surface area contributed by atoms with Gasteiger partial charge in [0, 0.05) is 11.1 Å². The van der Waals surface area contributed by atoms with Gasteiger partial charge in [-0.3, -0.25) is 0 Å². The predicted octanol–water partition coefficient (Wildman–Crippen LogP) is 5.41. The number of nitrogens with zero attached hydrogens (tertiary/aromatic N) is 2. The molecule has 0 saturated heterocycles. The molecule has 0 fully saturated rings. The summed E-state index contributed by atoms with van der Waals surface area (Å²) in [5.41, 5.74) is 0. The van der Waals surface area contributed by atoms with Gasteiger partial charge in [-0.25, -0.2) is 9.97 Å². The van der Waals surface area contributed by atoms with Crippen LogP contribution in [0.2, 0.25) is 5.15 Å². The molecule has 0 unspecified atom stereocenters. The van der Waals surface area contributed by atoms with Crippen molar-refractivity contribution in [3.63, 3.8) is 0 Å². The largest absolute Gasteiger partial charge is 0.211 e. The summed E-state index contributed by atoms with van der Waals surface area (Å²) in [5, 5.41) is 4.36. The highest BCUT2D eigenvalue weighted by Gasteiger charge is 2.07. The molecule has 0 atom stereocenters. The Morgan fingerprint density at radius 3 is 2.89 bits per heavy atom. The first-order valence-corrected chi connectivity index (χ1v) is 8.59. The molecule has 98 valence electrons. The zero-order valence-electron chi connectivity index (χ0n) is 10.5. The van der Waals surface area contributed by atoms with Crippen LogP contribution in [0.15, 0.2) is 16.6 Å². The molecule has 0 aromatic carbocycles. The maximum Gasteiger partial charge on any atom is 0.190 e. The minimum absolute atomic E-state index is 0.578. The fourth-order valence-corrected chi connectivity index (χ4v) is 3.74. The maximum absolute atomic E-state index is 6.13. The lowest BCUT2D eigenvalue weighted by Crippen LogP contribution is -1.89. The summed E-state index contributed by atoms with van der Waals surface area (Å²) < 4.78 is 0. The third kappa shape index (κ3) is 3.84.